The SMILES string of the molecule is O=C(CCNC(=O)NC12CC3CC(CC(C3)C1)C2)NCCCc1nc2ccccc2[nH]1. The van der Waals surface area contributed by atoms with Crippen LogP contribution >= 0.6 is 0 Å². The second-order valence-electron chi connectivity index (χ2n) is 9.98. The number of para-hydroxylation sites is 2. The van der Waals surface area contributed by atoms with Crippen LogP contribution in [-0.2, 0) is 11.2 Å². The van der Waals surface area contributed by atoms with Gasteiger partial charge in [0.15, 0.2) is 0 Å². The lowest BCUT2D eigenvalue weighted by Gasteiger charge is -2.56. The van der Waals surface area contributed by atoms with Crippen molar-refractivity contribution in [3.8, 4) is 0 Å². The molecule has 1 aromatic heterocycles. The second-order valence-corrected chi connectivity index (χ2v) is 9.98. The number of amides is 3. The third-order valence-corrected chi connectivity index (χ3v) is 7.41. The van der Waals surface area contributed by atoms with Crippen LogP contribution in [0.4, 0.5) is 4.79 Å². The Balaban J connectivity index is 0.973. The summed E-state index contributed by atoms with van der Waals surface area (Å²) in [6, 6.07) is 7.86. The second kappa shape index (κ2) is 8.52. The van der Waals surface area contributed by atoms with Crippen molar-refractivity contribution in [3.63, 3.8) is 0 Å². The standard InChI is InChI=1S/C24H33N5O2/c30-22(25-8-3-6-21-27-19-4-1-2-5-20(19)28-21)7-9-26-23(31)29-24-13-16-10-17(14-24)12-18(11-16)15-24/h1-2,4-5,16-18H,3,6-15H2,(H,25,30)(H,27,28)(H2,26,29,31). The van der Waals surface area contributed by atoms with Crippen molar-refractivity contribution < 1.29 is 9.59 Å². The Labute approximate surface area is 183 Å². The number of benzene rings is 1. The van der Waals surface area contributed by atoms with Crippen LogP contribution < -0.4 is 16.0 Å². The van der Waals surface area contributed by atoms with Crippen LogP contribution in [-0.4, -0.2) is 40.5 Å². The maximum absolute atomic E-state index is 12.4. The van der Waals surface area contributed by atoms with E-state index in [-0.39, 0.29) is 17.5 Å². The first kappa shape index (κ1) is 20.3. The topological polar surface area (TPSA) is 98.9 Å². The Morgan fingerprint density at radius 3 is 2.42 bits per heavy atom. The van der Waals surface area contributed by atoms with Gasteiger partial charge in [0.2, 0.25) is 5.91 Å². The number of hydrogen-bond donors (Lipinski definition) is 4. The van der Waals surface area contributed by atoms with Gasteiger partial charge in [-0.15, -0.1) is 0 Å². The fourth-order valence-electron chi connectivity index (χ4n) is 6.53. The van der Waals surface area contributed by atoms with Gasteiger partial charge in [-0.1, -0.05) is 12.1 Å². The van der Waals surface area contributed by atoms with Crippen molar-refractivity contribution in [1.29, 1.82) is 0 Å². The van der Waals surface area contributed by atoms with Gasteiger partial charge in [-0.25, -0.2) is 9.78 Å². The van der Waals surface area contributed by atoms with Crippen LogP contribution in [0.15, 0.2) is 24.3 Å². The minimum Gasteiger partial charge on any atom is -0.356 e. The number of H-pyrrole nitrogens is 1. The largest absolute Gasteiger partial charge is 0.356 e. The predicted octanol–water partition coefficient (Wildman–Crippen LogP) is 3.27. The zero-order chi connectivity index (χ0) is 21.3. The van der Waals surface area contributed by atoms with Gasteiger partial charge in [0.25, 0.3) is 0 Å². The molecule has 4 aliphatic rings. The molecule has 4 saturated carbocycles. The van der Waals surface area contributed by atoms with Gasteiger partial charge < -0.3 is 20.9 Å². The summed E-state index contributed by atoms with van der Waals surface area (Å²) in [5.41, 5.74) is 2.02. The van der Waals surface area contributed by atoms with E-state index in [0.717, 1.165) is 66.7 Å². The molecule has 0 atom stereocenters. The minimum absolute atomic E-state index is 0.0117. The van der Waals surface area contributed by atoms with E-state index in [9.17, 15) is 9.59 Å². The van der Waals surface area contributed by atoms with E-state index in [0.29, 0.717) is 19.5 Å². The number of aryl methyl sites for hydroxylation is 1. The molecule has 31 heavy (non-hydrogen) atoms. The fraction of sp³-hybridized carbons (Fsp3) is 0.625. The molecule has 0 unspecified atom stereocenters. The van der Waals surface area contributed by atoms with Crippen molar-refractivity contribution in [2.75, 3.05) is 13.1 Å². The first-order valence-electron chi connectivity index (χ1n) is 11.8. The van der Waals surface area contributed by atoms with E-state index >= 15 is 0 Å². The number of carbonyl (C=O) groups is 2. The molecule has 166 valence electrons. The number of nitrogens with zero attached hydrogens (tertiary/aromatic N) is 1. The van der Waals surface area contributed by atoms with E-state index < -0.39 is 0 Å². The lowest BCUT2D eigenvalue weighted by molar-refractivity contribution is -0.120. The number of fused-ring (bicyclic) bond motifs is 1. The molecule has 0 spiro atoms. The number of hydrogen-bond acceptors (Lipinski definition) is 3. The molecule has 4 aliphatic carbocycles. The molecule has 0 aliphatic heterocycles. The number of rotatable bonds is 8. The number of aromatic amines is 1. The molecule has 3 amide bonds. The van der Waals surface area contributed by atoms with Gasteiger partial charge in [0.1, 0.15) is 5.82 Å². The Bertz CT molecular complexity index is 884. The van der Waals surface area contributed by atoms with Crippen LogP contribution in [0.5, 0.6) is 0 Å². The molecule has 0 saturated heterocycles. The van der Waals surface area contributed by atoms with E-state index in [4.69, 9.17) is 0 Å². The highest BCUT2D eigenvalue weighted by Gasteiger charge is 2.51. The predicted molar refractivity (Wildman–Crippen MR) is 119 cm³/mol. The van der Waals surface area contributed by atoms with E-state index in [2.05, 4.69) is 25.9 Å². The average Bonchev–Trinajstić information content (AvgIpc) is 3.12. The lowest BCUT2D eigenvalue weighted by atomic mass is 9.53. The number of carbonyl (C=O) groups excluding carboxylic acids is 2. The van der Waals surface area contributed by atoms with Crippen molar-refractivity contribution in [3.05, 3.63) is 30.1 Å². The summed E-state index contributed by atoms with van der Waals surface area (Å²) in [6.07, 6.45) is 9.41. The van der Waals surface area contributed by atoms with Crippen LogP contribution in [0.3, 0.4) is 0 Å². The van der Waals surface area contributed by atoms with Gasteiger partial charge in [0.05, 0.1) is 11.0 Å². The number of imidazole rings is 1. The van der Waals surface area contributed by atoms with Crippen LogP contribution in [0.2, 0.25) is 0 Å². The first-order valence-corrected chi connectivity index (χ1v) is 11.8. The van der Waals surface area contributed by atoms with Crippen LogP contribution in [0, 0.1) is 17.8 Å². The summed E-state index contributed by atoms with van der Waals surface area (Å²) in [6.45, 7) is 0.975. The maximum Gasteiger partial charge on any atom is 0.315 e. The zero-order valence-corrected chi connectivity index (χ0v) is 18.1. The highest BCUT2D eigenvalue weighted by Crippen LogP contribution is 2.55. The minimum atomic E-state index is -0.111. The zero-order valence-electron chi connectivity index (χ0n) is 18.1. The Morgan fingerprint density at radius 2 is 1.71 bits per heavy atom. The molecule has 1 aromatic carbocycles. The molecule has 1 heterocycles. The number of nitrogens with one attached hydrogen (secondary N) is 4. The first-order chi connectivity index (χ1) is 15.1. The Hall–Kier alpha value is -2.57. The van der Waals surface area contributed by atoms with Gasteiger partial charge in [-0.05, 0) is 74.8 Å². The van der Waals surface area contributed by atoms with E-state index in [1.54, 1.807) is 0 Å². The number of urea groups is 1. The summed E-state index contributed by atoms with van der Waals surface area (Å²) in [7, 11) is 0. The summed E-state index contributed by atoms with van der Waals surface area (Å²) in [4.78, 5) is 32.4. The molecule has 4 N–H and O–H groups in total. The highest BCUT2D eigenvalue weighted by atomic mass is 16.2. The molecule has 0 radical (unpaired) electrons. The lowest BCUT2D eigenvalue weighted by Crippen LogP contribution is -2.61. The third kappa shape index (κ3) is 4.70. The molecule has 4 fully saturated rings. The Kier molecular flexibility index (Phi) is 5.59. The van der Waals surface area contributed by atoms with Crippen LogP contribution in [0.1, 0.15) is 57.2 Å². The molecular weight excluding hydrogens is 390 g/mol. The molecule has 6 rings (SSSR count). The smallest absolute Gasteiger partial charge is 0.315 e. The van der Waals surface area contributed by atoms with Gasteiger partial charge in [0, 0.05) is 31.5 Å². The Morgan fingerprint density at radius 1 is 1.00 bits per heavy atom. The maximum atomic E-state index is 12.4. The highest BCUT2D eigenvalue weighted by molar-refractivity contribution is 5.78. The van der Waals surface area contributed by atoms with Crippen molar-refractivity contribution >= 4 is 23.0 Å². The monoisotopic (exact) mass is 423 g/mol. The molecular formula is C24H33N5O2. The fourth-order valence-corrected chi connectivity index (χ4v) is 6.53. The normalized spacial score (nSPS) is 28.6. The molecule has 7 nitrogen and oxygen atoms in total. The van der Waals surface area contributed by atoms with Gasteiger partial charge in [-0.3, -0.25) is 4.79 Å². The summed E-state index contributed by atoms with van der Waals surface area (Å²) >= 11 is 0. The quantitative estimate of drug-likeness (QED) is 0.491. The van der Waals surface area contributed by atoms with Gasteiger partial charge >= 0.3 is 6.03 Å². The molecule has 4 bridgehead atoms. The molecule has 7 heteroatoms. The average molecular weight is 424 g/mol. The summed E-state index contributed by atoms with van der Waals surface area (Å²) < 4.78 is 0. The third-order valence-electron chi connectivity index (χ3n) is 7.41. The number of aromatic nitrogens is 2. The summed E-state index contributed by atoms with van der Waals surface area (Å²) in [5, 5.41) is 9.12. The van der Waals surface area contributed by atoms with Gasteiger partial charge in [-0.2, -0.15) is 0 Å². The van der Waals surface area contributed by atoms with Crippen molar-refractivity contribution in [2.24, 2.45) is 17.8 Å². The van der Waals surface area contributed by atoms with Crippen LogP contribution in [0.25, 0.3) is 11.0 Å². The van der Waals surface area contributed by atoms with Crippen molar-refractivity contribution in [1.82, 2.24) is 25.9 Å². The summed E-state index contributed by atoms with van der Waals surface area (Å²) in [5.74, 6) is 3.32. The van der Waals surface area contributed by atoms with Crippen molar-refractivity contribution in [2.45, 2.75) is 63.3 Å². The van der Waals surface area contributed by atoms with E-state index in [1.165, 1.54) is 19.3 Å². The molecule has 2 aromatic rings. The van der Waals surface area contributed by atoms with E-state index in [1.807, 2.05) is 24.3 Å².